The van der Waals surface area contributed by atoms with Gasteiger partial charge in [-0.1, -0.05) is 12.1 Å². The molecule has 1 N–H and O–H groups in total. The van der Waals surface area contributed by atoms with Crippen LogP contribution >= 0.6 is 11.8 Å². The van der Waals surface area contributed by atoms with Crippen molar-refractivity contribution in [2.45, 2.75) is 24.8 Å². The van der Waals surface area contributed by atoms with Crippen molar-refractivity contribution in [3.63, 3.8) is 0 Å². The summed E-state index contributed by atoms with van der Waals surface area (Å²) in [5, 5.41) is 6.88. The van der Waals surface area contributed by atoms with E-state index in [2.05, 4.69) is 10.4 Å². The molecule has 0 saturated carbocycles. The van der Waals surface area contributed by atoms with Crippen molar-refractivity contribution in [3.8, 4) is 0 Å². The van der Waals surface area contributed by atoms with Gasteiger partial charge in [-0.2, -0.15) is 5.10 Å². The second kappa shape index (κ2) is 8.97. The number of rotatable bonds is 7. The van der Waals surface area contributed by atoms with Crippen molar-refractivity contribution in [3.05, 3.63) is 77.2 Å². The lowest BCUT2D eigenvalue weighted by Gasteiger charge is -2.11. The number of thioether (sulfide) groups is 1. The molecule has 0 radical (unpaired) electrons. The first-order valence-corrected chi connectivity index (χ1v) is 9.56. The molecule has 1 aromatic heterocycles. The fourth-order valence-electron chi connectivity index (χ4n) is 2.60. The SMILES string of the molecule is Cc1cnn(Cc2cc(F)ccc2F)c1NC(=O)CCSc1ccccc1F. The maximum absolute atomic E-state index is 13.9. The molecule has 0 saturated heterocycles. The lowest BCUT2D eigenvalue weighted by molar-refractivity contribution is -0.115. The Morgan fingerprint density at radius 3 is 2.71 bits per heavy atom. The maximum Gasteiger partial charge on any atom is 0.226 e. The van der Waals surface area contributed by atoms with Gasteiger partial charge in [0.2, 0.25) is 5.91 Å². The third-order valence-corrected chi connectivity index (χ3v) is 5.08. The van der Waals surface area contributed by atoms with Crippen LogP contribution in [0.5, 0.6) is 0 Å². The number of amides is 1. The number of aromatic nitrogens is 2. The second-order valence-electron chi connectivity index (χ2n) is 6.15. The molecular formula is C20H18F3N3OS. The molecule has 2 aromatic carbocycles. The van der Waals surface area contributed by atoms with Gasteiger partial charge < -0.3 is 5.32 Å². The van der Waals surface area contributed by atoms with Crippen LogP contribution in [0.3, 0.4) is 0 Å². The predicted octanol–water partition coefficient (Wildman–Crippen LogP) is 4.78. The van der Waals surface area contributed by atoms with Gasteiger partial charge in [0.15, 0.2) is 0 Å². The second-order valence-corrected chi connectivity index (χ2v) is 7.28. The standard InChI is InChI=1S/C20H18F3N3OS/c1-13-11-24-26(12-14-10-15(21)6-7-16(14)22)20(13)25-19(27)8-9-28-18-5-3-2-4-17(18)23/h2-7,10-11H,8-9,12H2,1H3,(H,25,27). The fraction of sp³-hybridized carbons (Fsp3) is 0.200. The van der Waals surface area contributed by atoms with E-state index in [0.717, 1.165) is 18.2 Å². The van der Waals surface area contributed by atoms with Gasteiger partial charge in [0.1, 0.15) is 23.3 Å². The first kappa shape index (κ1) is 20.0. The Morgan fingerprint density at radius 2 is 1.93 bits per heavy atom. The van der Waals surface area contributed by atoms with Crippen LogP contribution in [0.1, 0.15) is 17.5 Å². The van der Waals surface area contributed by atoms with Crippen LogP contribution in [0.4, 0.5) is 19.0 Å². The highest BCUT2D eigenvalue weighted by Crippen LogP contribution is 2.23. The Balaban J connectivity index is 1.62. The van der Waals surface area contributed by atoms with Crippen molar-refractivity contribution in [1.82, 2.24) is 9.78 Å². The van der Waals surface area contributed by atoms with E-state index in [9.17, 15) is 18.0 Å². The van der Waals surface area contributed by atoms with E-state index < -0.39 is 11.6 Å². The highest BCUT2D eigenvalue weighted by Gasteiger charge is 2.14. The monoisotopic (exact) mass is 405 g/mol. The topological polar surface area (TPSA) is 46.9 Å². The van der Waals surface area contributed by atoms with Gasteiger partial charge in [0.25, 0.3) is 0 Å². The lowest BCUT2D eigenvalue weighted by Crippen LogP contribution is -2.17. The summed E-state index contributed by atoms with van der Waals surface area (Å²) in [6.07, 6.45) is 1.71. The number of halogens is 3. The van der Waals surface area contributed by atoms with E-state index in [0.29, 0.717) is 22.0 Å². The van der Waals surface area contributed by atoms with Crippen LogP contribution in [0, 0.1) is 24.4 Å². The minimum Gasteiger partial charge on any atom is -0.311 e. The quantitative estimate of drug-likeness (QED) is 0.576. The molecule has 1 amide bonds. The van der Waals surface area contributed by atoms with Crippen molar-refractivity contribution in [1.29, 1.82) is 0 Å². The van der Waals surface area contributed by atoms with E-state index in [-0.39, 0.29) is 30.3 Å². The van der Waals surface area contributed by atoms with Gasteiger partial charge in [-0.05, 0) is 37.3 Å². The molecule has 0 bridgehead atoms. The molecule has 28 heavy (non-hydrogen) atoms. The van der Waals surface area contributed by atoms with Crippen LogP contribution < -0.4 is 5.32 Å². The number of benzene rings is 2. The van der Waals surface area contributed by atoms with Crippen LogP contribution in [0.2, 0.25) is 0 Å². The van der Waals surface area contributed by atoms with E-state index in [1.54, 1.807) is 31.3 Å². The largest absolute Gasteiger partial charge is 0.311 e. The molecule has 0 aliphatic carbocycles. The lowest BCUT2D eigenvalue weighted by atomic mass is 10.2. The van der Waals surface area contributed by atoms with Crippen molar-refractivity contribution in [2.75, 3.05) is 11.1 Å². The van der Waals surface area contributed by atoms with Gasteiger partial charge in [0.05, 0.1) is 12.7 Å². The van der Waals surface area contributed by atoms with Crippen molar-refractivity contribution in [2.24, 2.45) is 0 Å². The highest BCUT2D eigenvalue weighted by molar-refractivity contribution is 7.99. The zero-order chi connectivity index (χ0) is 20.1. The molecule has 1 heterocycles. The van der Waals surface area contributed by atoms with E-state index in [4.69, 9.17) is 0 Å². The Morgan fingerprint density at radius 1 is 1.14 bits per heavy atom. The number of hydrogen-bond acceptors (Lipinski definition) is 3. The summed E-state index contributed by atoms with van der Waals surface area (Å²) in [6.45, 7) is 1.74. The Kier molecular flexibility index (Phi) is 6.41. The minimum atomic E-state index is -0.548. The van der Waals surface area contributed by atoms with Gasteiger partial charge in [-0.15, -0.1) is 11.8 Å². The molecule has 146 valence electrons. The average Bonchev–Trinajstić information content (AvgIpc) is 2.99. The first-order valence-electron chi connectivity index (χ1n) is 8.57. The molecule has 0 fully saturated rings. The summed E-state index contributed by atoms with van der Waals surface area (Å²) in [6, 6.07) is 9.57. The molecule has 3 aromatic rings. The molecule has 0 spiro atoms. The molecule has 0 atom stereocenters. The van der Waals surface area contributed by atoms with Crippen molar-refractivity contribution < 1.29 is 18.0 Å². The number of carbonyl (C=O) groups excluding carboxylic acids is 1. The number of carbonyl (C=O) groups is 1. The highest BCUT2D eigenvalue weighted by atomic mass is 32.2. The number of hydrogen-bond donors (Lipinski definition) is 1. The Bertz CT molecular complexity index is 991. The zero-order valence-electron chi connectivity index (χ0n) is 15.1. The van der Waals surface area contributed by atoms with E-state index in [1.165, 1.54) is 22.5 Å². The molecule has 4 nitrogen and oxygen atoms in total. The number of nitrogens with one attached hydrogen (secondary N) is 1. The van der Waals surface area contributed by atoms with E-state index in [1.807, 2.05) is 0 Å². The summed E-state index contributed by atoms with van der Waals surface area (Å²) in [5.41, 5.74) is 0.834. The van der Waals surface area contributed by atoms with Crippen LogP contribution in [-0.2, 0) is 11.3 Å². The minimum absolute atomic E-state index is 0.0168. The summed E-state index contributed by atoms with van der Waals surface area (Å²) in [5.74, 6) is -0.862. The Hall–Kier alpha value is -2.74. The van der Waals surface area contributed by atoms with Gasteiger partial charge in [-0.3, -0.25) is 4.79 Å². The molecule has 8 heteroatoms. The van der Waals surface area contributed by atoms with E-state index >= 15 is 0 Å². The number of aryl methyl sites for hydroxylation is 1. The third kappa shape index (κ3) is 4.95. The average molecular weight is 405 g/mol. The zero-order valence-corrected chi connectivity index (χ0v) is 15.9. The molecule has 3 rings (SSSR count). The molecular weight excluding hydrogens is 387 g/mol. The van der Waals surface area contributed by atoms with Gasteiger partial charge in [-0.25, -0.2) is 17.9 Å². The summed E-state index contributed by atoms with van der Waals surface area (Å²) in [4.78, 5) is 12.8. The van der Waals surface area contributed by atoms with Crippen molar-refractivity contribution >= 4 is 23.5 Å². The summed E-state index contributed by atoms with van der Waals surface area (Å²) < 4.78 is 42.3. The fourth-order valence-corrected chi connectivity index (χ4v) is 3.49. The predicted molar refractivity (Wildman–Crippen MR) is 103 cm³/mol. The van der Waals surface area contributed by atoms with Crippen LogP contribution in [0.15, 0.2) is 53.6 Å². The van der Waals surface area contributed by atoms with Gasteiger partial charge >= 0.3 is 0 Å². The maximum atomic E-state index is 13.9. The third-order valence-electron chi connectivity index (χ3n) is 4.03. The Labute approximate surface area is 164 Å². The van der Waals surface area contributed by atoms with Crippen LogP contribution in [-0.4, -0.2) is 21.4 Å². The molecule has 0 unspecified atom stereocenters. The molecule has 0 aliphatic heterocycles. The summed E-state index contributed by atoms with van der Waals surface area (Å²) >= 11 is 1.25. The molecule has 0 aliphatic rings. The summed E-state index contributed by atoms with van der Waals surface area (Å²) in [7, 11) is 0. The van der Waals surface area contributed by atoms with Crippen LogP contribution in [0.25, 0.3) is 0 Å². The van der Waals surface area contributed by atoms with Gasteiger partial charge in [0, 0.05) is 28.2 Å². The number of nitrogens with zero attached hydrogens (tertiary/aromatic N) is 2. The number of anilines is 1. The smallest absolute Gasteiger partial charge is 0.226 e. The normalized spacial score (nSPS) is 10.9. The first-order chi connectivity index (χ1) is 13.4.